The largest absolute Gasteiger partial charge is 0.448 e. The molecule has 0 spiro atoms. The first-order valence-corrected chi connectivity index (χ1v) is 8.03. The molecule has 0 saturated carbocycles. The van der Waals surface area contributed by atoms with E-state index < -0.39 is 0 Å². The lowest BCUT2D eigenvalue weighted by Gasteiger charge is -2.07. The Morgan fingerprint density at radius 1 is 1.27 bits per heavy atom. The van der Waals surface area contributed by atoms with E-state index in [1.165, 1.54) is 10.9 Å². The van der Waals surface area contributed by atoms with Gasteiger partial charge >= 0.3 is 0 Å². The zero-order chi connectivity index (χ0) is 17.6. The van der Waals surface area contributed by atoms with Crippen molar-refractivity contribution in [2.24, 2.45) is 0 Å². The molecule has 26 heavy (non-hydrogen) atoms. The third kappa shape index (κ3) is 4.40. The van der Waals surface area contributed by atoms with Crippen LogP contribution in [0.1, 0.15) is 0 Å². The van der Waals surface area contributed by atoms with Gasteiger partial charge in [-0.15, -0.1) is 12.4 Å². The molecule has 0 bridgehead atoms. The van der Waals surface area contributed by atoms with Gasteiger partial charge in [0.15, 0.2) is 0 Å². The zero-order valence-electron chi connectivity index (χ0n) is 14.4. The van der Waals surface area contributed by atoms with Crippen molar-refractivity contribution in [3.8, 4) is 0 Å². The van der Waals surface area contributed by atoms with E-state index in [1.54, 1.807) is 13.2 Å². The summed E-state index contributed by atoms with van der Waals surface area (Å²) in [7, 11) is 1.63. The normalized spacial score (nSPS) is 10.8. The maximum absolute atomic E-state index is 12.5. The minimum absolute atomic E-state index is 0. The third-order valence-electron chi connectivity index (χ3n) is 3.77. The van der Waals surface area contributed by atoms with Crippen molar-refractivity contribution in [2.45, 2.75) is 6.54 Å². The summed E-state index contributed by atoms with van der Waals surface area (Å²) in [5.74, 6) is -0.257. The van der Waals surface area contributed by atoms with Crippen LogP contribution in [-0.2, 0) is 16.1 Å². The third-order valence-corrected chi connectivity index (χ3v) is 3.77. The first-order valence-electron chi connectivity index (χ1n) is 8.03. The van der Waals surface area contributed by atoms with Crippen LogP contribution in [0.25, 0.3) is 22.1 Å². The van der Waals surface area contributed by atoms with E-state index in [0.29, 0.717) is 30.8 Å². The van der Waals surface area contributed by atoms with Crippen molar-refractivity contribution < 1.29 is 13.9 Å². The van der Waals surface area contributed by atoms with E-state index in [0.717, 1.165) is 11.9 Å². The molecule has 8 nitrogen and oxygen atoms in total. The highest BCUT2D eigenvalue weighted by Crippen LogP contribution is 2.23. The van der Waals surface area contributed by atoms with Crippen molar-refractivity contribution in [2.75, 3.05) is 33.4 Å². The highest BCUT2D eigenvalue weighted by atomic mass is 35.5. The summed E-state index contributed by atoms with van der Waals surface area (Å²) in [5.41, 5.74) is 0.915. The fourth-order valence-electron chi connectivity index (χ4n) is 2.53. The SMILES string of the molecule is COCCNCCNC(=O)Cn1cnc2c(oc3ccccc32)c1=O.Cl. The number of halogens is 1. The molecule has 140 valence electrons. The predicted octanol–water partition coefficient (Wildman–Crippen LogP) is 0.917. The van der Waals surface area contributed by atoms with Gasteiger partial charge in [0.1, 0.15) is 17.6 Å². The summed E-state index contributed by atoms with van der Waals surface area (Å²) in [6.07, 6.45) is 1.38. The number of carbonyl (C=O) groups is 1. The molecule has 0 unspecified atom stereocenters. The fourth-order valence-corrected chi connectivity index (χ4v) is 2.53. The second kappa shape index (κ2) is 9.33. The van der Waals surface area contributed by atoms with Gasteiger partial charge in [-0.2, -0.15) is 0 Å². The van der Waals surface area contributed by atoms with E-state index >= 15 is 0 Å². The van der Waals surface area contributed by atoms with Gasteiger partial charge in [0, 0.05) is 32.1 Å². The van der Waals surface area contributed by atoms with Gasteiger partial charge in [-0.05, 0) is 12.1 Å². The molecule has 9 heteroatoms. The Kier molecular flexibility index (Phi) is 7.14. The van der Waals surface area contributed by atoms with Crippen LogP contribution in [0.2, 0.25) is 0 Å². The molecule has 3 aromatic rings. The zero-order valence-corrected chi connectivity index (χ0v) is 15.2. The van der Waals surface area contributed by atoms with Gasteiger partial charge in [0.2, 0.25) is 11.5 Å². The number of ether oxygens (including phenoxy) is 1. The minimum Gasteiger partial charge on any atom is -0.448 e. The first-order chi connectivity index (χ1) is 12.2. The Bertz CT molecular complexity index is 937. The van der Waals surface area contributed by atoms with E-state index in [4.69, 9.17) is 9.15 Å². The van der Waals surface area contributed by atoms with Crippen molar-refractivity contribution in [1.29, 1.82) is 0 Å². The molecule has 0 radical (unpaired) electrons. The van der Waals surface area contributed by atoms with Crippen molar-refractivity contribution in [3.63, 3.8) is 0 Å². The number of furan rings is 1. The average Bonchev–Trinajstić information content (AvgIpc) is 3.00. The Hall–Kier alpha value is -2.42. The highest BCUT2D eigenvalue weighted by Gasteiger charge is 2.14. The van der Waals surface area contributed by atoms with Crippen LogP contribution in [0.4, 0.5) is 0 Å². The molecule has 3 rings (SSSR count). The molecule has 1 aromatic carbocycles. The molecule has 0 saturated heterocycles. The number of aromatic nitrogens is 2. The second-order valence-corrected chi connectivity index (χ2v) is 5.55. The van der Waals surface area contributed by atoms with E-state index in [2.05, 4.69) is 15.6 Å². The first kappa shape index (κ1) is 19.9. The van der Waals surface area contributed by atoms with E-state index in [9.17, 15) is 9.59 Å². The number of hydrogen-bond donors (Lipinski definition) is 2. The molecule has 2 heterocycles. The highest BCUT2D eigenvalue weighted by molar-refractivity contribution is 6.01. The number of benzene rings is 1. The van der Waals surface area contributed by atoms with Crippen LogP contribution in [0.5, 0.6) is 0 Å². The summed E-state index contributed by atoms with van der Waals surface area (Å²) in [5, 5.41) is 6.66. The average molecular weight is 381 g/mol. The molecule has 0 aliphatic carbocycles. The van der Waals surface area contributed by atoms with Gasteiger partial charge in [0.05, 0.1) is 12.9 Å². The number of nitrogens with one attached hydrogen (secondary N) is 2. The summed E-state index contributed by atoms with van der Waals surface area (Å²) in [6.45, 7) is 2.34. The Labute approximate surface area is 155 Å². The lowest BCUT2D eigenvalue weighted by Crippen LogP contribution is -2.36. The monoisotopic (exact) mass is 380 g/mol. The van der Waals surface area contributed by atoms with Crippen LogP contribution in [0.3, 0.4) is 0 Å². The second-order valence-electron chi connectivity index (χ2n) is 5.55. The van der Waals surface area contributed by atoms with E-state index in [-0.39, 0.29) is 36.0 Å². The molecule has 2 N–H and O–H groups in total. The van der Waals surface area contributed by atoms with Crippen molar-refractivity contribution in [3.05, 3.63) is 40.9 Å². The Morgan fingerprint density at radius 2 is 2.08 bits per heavy atom. The van der Waals surface area contributed by atoms with Crippen LogP contribution in [-0.4, -0.2) is 48.8 Å². The van der Waals surface area contributed by atoms with Crippen LogP contribution in [0, 0.1) is 0 Å². The maximum atomic E-state index is 12.5. The lowest BCUT2D eigenvalue weighted by atomic mass is 10.2. The number of amides is 1. The number of rotatable bonds is 8. The summed E-state index contributed by atoms with van der Waals surface area (Å²) >= 11 is 0. The molecular weight excluding hydrogens is 360 g/mol. The Balaban J connectivity index is 0.00000243. The van der Waals surface area contributed by atoms with Gasteiger partial charge < -0.3 is 19.8 Å². The van der Waals surface area contributed by atoms with Gasteiger partial charge in [-0.25, -0.2) is 4.98 Å². The number of hydrogen-bond acceptors (Lipinski definition) is 6. The smallest absolute Gasteiger partial charge is 0.297 e. The maximum Gasteiger partial charge on any atom is 0.297 e. The molecule has 0 atom stereocenters. The molecule has 1 amide bonds. The standard InChI is InChI=1S/C17H20N4O4.ClH/c1-24-9-8-18-6-7-19-14(22)10-21-11-20-15-12-4-2-3-5-13(12)25-16(15)17(21)23;/h2-5,11,18H,6-10H2,1H3,(H,19,22);1H. The summed E-state index contributed by atoms with van der Waals surface area (Å²) in [6, 6.07) is 7.32. The fraction of sp³-hybridized carbons (Fsp3) is 0.353. The molecule has 0 fully saturated rings. The van der Waals surface area contributed by atoms with Crippen molar-refractivity contribution >= 4 is 40.4 Å². The minimum atomic E-state index is -0.366. The van der Waals surface area contributed by atoms with Crippen LogP contribution in [0.15, 0.2) is 39.8 Å². The summed E-state index contributed by atoms with van der Waals surface area (Å²) < 4.78 is 11.8. The number of fused-ring (bicyclic) bond motifs is 3. The van der Waals surface area contributed by atoms with Gasteiger partial charge in [0.25, 0.3) is 5.56 Å². The number of para-hydroxylation sites is 1. The number of carbonyl (C=O) groups excluding carboxylic acids is 1. The van der Waals surface area contributed by atoms with Crippen LogP contribution < -0.4 is 16.2 Å². The topological polar surface area (TPSA) is 98.4 Å². The van der Waals surface area contributed by atoms with Gasteiger partial charge in [-0.1, -0.05) is 12.1 Å². The predicted molar refractivity (Wildman–Crippen MR) is 101 cm³/mol. The molecular formula is C17H21ClN4O4. The number of methoxy groups -OCH3 is 1. The van der Waals surface area contributed by atoms with Crippen molar-refractivity contribution in [1.82, 2.24) is 20.2 Å². The summed E-state index contributed by atoms with van der Waals surface area (Å²) in [4.78, 5) is 28.8. The molecule has 0 aliphatic heterocycles. The van der Waals surface area contributed by atoms with Crippen LogP contribution >= 0.6 is 12.4 Å². The van der Waals surface area contributed by atoms with Gasteiger partial charge in [-0.3, -0.25) is 14.2 Å². The lowest BCUT2D eigenvalue weighted by molar-refractivity contribution is -0.121. The van der Waals surface area contributed by atoms with E-state index in [1.807, 2.05) is 18.2 Å². The molecule has 2 aromatic heterocycles. The quantitative estimate of drug-likeness (QED) is 0.564. The Morgan fingerprint density at radius 3 is 2.88 bits per heavy atom. The number of nitrogens with zero attached hydrogens (tertiary/aromatic N) is 2. The molecule has 0 aliphatic rings.